The van der Waals surface area contributed by atoms with Crippen LogP contribution in [0.25, 0.3) is 11.3 Å². The predicted octanol–water partition coefficient (Wildman–Crippen LogP) is 2.94. The first-order valence-corrected chi connectivity index (χ1v) is 7.00. The van der Waals surface area contributed by atoms with E-state index in [9.17, 15) is 0 Å². The van der Waals surface area contributed by atoms with Gasteiger partial charge in [0.1, 0.15) is 0 Å². The molecule has 2 aliphatic rings. The number of aromatic nitrogens is 2. The molecule has 4 heterocycles. The van der Waals surface area contributed by atoms with Crippen LogP contribution in [0.2, 0.25) is 0 Å². The van der Waals surface area contributed by atoms with Crippen LogP contribution >= 0.6 is 11.3 Å². The average molecular weight is 246 g/mol. The minimum atomic E-state index is 0.461. The van der Waals surface area contributed by atoms with Crippen LogP contribution < -0.4 is 0 Å². The van der Waals surface area contributed by atoms with E-state index in [-0.39, 0.29) is 0 Å². The van der Waals surface area contributed by atoms with Gasteiger partial charge in [-0.3, -0.25) is 0 Å². The number of hydrogen-bond acceptors (Lipinski definition) is 3. The van der Waals surface area contributed by atoms with Gasteiger partial charge < -0.3 is 9.30 Å². The zero-order chi connectivity index (χ0) is 11.2. The van der Waals surface area contributed by atoms with E-state index in [1.165, 1.54) is 29.0 Å². The number of nitrogens with zero attached hydrogens (tertiary/aromatic N) is 2. The van der Waals surface area contributed by atoms with E-state index in [1.807, 2.05) is 23.9 Å². The van der Waals surface area contributed by atoms with Crippen LogP contribution in [0, 0.1) is 5.92 Å². The highest BCUT2D eigenvalue weighted by Crippen LogP contribution is 2.47. The molecule has 3 nitrogen and oxygen atoms in total. The summed E-state index contributed by atoms with van der Waals surface area (Å²) in [4.78, 5) is 5.79. The number of imidazole rings is 1. The molecule has 2 aromatic heterocycles. The standard InChI is InChI=1S/C13H14N2OS/c1-2-9(7-16-4-1)12-13-10(3-5-17-13)11-6-14-8-15(11)12/h3,5-6,8-9,12H,1-2,4,7H2/t9-,12?/m1/s1. The lowest BCUT2D eigenvalue weighted by atomic mass is 9.93. The van der Waals surface area contributed by atoms with Crippen molar-refractivity contribution in [2.45, 2.75) is 18.9 Å². The second-order valence-corrected chi connectivity index (χ2v) is 5.75. The lowest BCUT2D eigenvalue weighted by molar-refractivity contribution is 0.0413. The van der Waals surface area contributed by atoms with E-state index in [0.29, 0.717) is 12.0 Å². The Morgan fingerprint density at radius 3 is 3.35 bits per heavy atom. The maximum atomic E-state index is 5.65. The molecule has 0 spiro atoms. The van der Waals surface area contributed by atoms with Crippen LogP contribution in [0.15, 0.2) is 24.0 Å². The van der Waals surface area contributed by atoms with Gasteiger partial charge in [-0.25, -0.2) is 4.98 Å². The molecular formula is C13H14N2OS. The molecule has 2 atom stereocenters. The molecule has 2 aliphatic heterocycles. The molecule has 2 aromatic rings. The summed E-state index contributed by atoms with van der Waals surface area (Å²) in [6.45, 7) is 1.82. The fourth-order valence-corrected chi connectivity index (χ4v) is 4.17. The third-order valence-electron chi connectivity index (χ3n) is 3.85. The topological polar surface area (TPSA) is 27.1 Å². The Morgan fingerprint density at radius 2 is 2.47 bits per heavy atom. The minimum Gasteiger partial charge on any atom is -0.381 e. The molecular weight excluding hydrogens is 232 g/mol. The largest absolute Gasteiger partial charge is 0.381 e. The van der Waals surface area contributed by atoms with Gasteiger partial charge >= 0.3 is 0 Å². The van der Waals surface area contributed by atoms with Gasteiger partial charge in [-0.2, -0.15) is 0 Å². The summed E-state index contributed by atoms with van der Waals surface area (Å²) in [7, 11) is 0. The van der Waals surface area contributed by atoms with Gasteiger partial charge in [0.25, 0.3) is 0 Å². The predicted molar refractivity (Wildman–Crippen MR) is 67.2 cm³/mol. The first-order chi connectivity index (χ1) is 8.45. The van der Waals surface area contributed by atoms with Crippen LogP contribution in [0.1, 0.15) is 23.8 Å². The number of ether oxygens (including phenoxy) is 1. The van der Waals surface area contributed by atoms with Crippen molar-refractivity contribution in [1.29, 1.82) is 0 Å². The lowest BCUT2D eigenvalue weighted by Crippen LogP contribution is -2.26. The van der Waals surface area contributed by atoms with Crippen LogP contribution in [0.3, 0.4) is 0 Å². The summed E-state index contributed by atoms with van der Waals surface area (Å²) in [5.41, 5.74) is 2.65. The highest BCUT2D eigenvalue weighted by Gasteiger charge is 2.36. The van der Waals surface area contributed by atoms with Crippen LogP contribution in [-0.2, 0) is 4.74 Å². The van der Waals surface area contributed by atoms with Gasteiger partial charge in [-0.15, -0.1) is 11.3 Å². The normalized spacial score (nSPS) is 26.8. The van der Waals surface area contributed by atoms with Crippen LogP contribution in [0.5, 0.6) is 0 Å². The van der Waals surface area contributed by atoms with Gasteiger partial charge in [-0.05, 0) is 24.3 Å². The fraction of sp³-hybridized carbons (Fsp3) is 0.462. The molecule has 4 rings (SSSR count). The molecule has 0 aliphatic carbocycles. The molecule has 88 valence electrons. The van der Waals surface area contributed by atoms with Gasteiger partial charge in [0, 0.05) is 23.0 Å². The minimum absolute atomic E-state index is 0.461. The Kier molecular flexibility index (Phi) is 2.13. The first kappa shape index (κ1) is 9.85. The van der Waals surface area contributed by atoms with E-state index >= 15 is 0 Å². The van der Waals surface area contributed by atoms with E-state index in [2.05, 4.69) is 21.0 Å². The summed E-state index contributed by atoms with van der Waals surface area (Å²) >= 11 is 1.87. The SMILES string of the molecule is c1cc2c(s1)C([C@@H]1CCCOC1)n1cncc1-2. The van der Waals surface area contributed by atoms with Crippen LogP contribution in [0.4, 0.5) is 0 Å². The van der Waals surface area contributed by atoms with E-state index in [4.69, 9.17) is 4.74 Å². The summed E-state index contributed by atoms with van der Waals surface area (Å²) in [5.74, 6) is 0.608. The Morgan fingerprint density at radius 1 is 1.47 bits per heavy atom. The third kappa shape index (κ3) is 1.34. The Bertz CT molecular complexity index is 499. The van der Waals surface area contributed by atoms with Crippen molar-refractivity contribution >= 4 is 11.3 Å². The molecule has 1 unspecified atom stereocenters. The van der Waals surface area contributed by atoms with Crippen molar-refractivity contribution in [3.63, 3.8) is 0 Å². The summed E-state index contributed by atoms with van der Waals surface area (Å²) in [6, 6.07) is 2.68. The van der Waals surface area contributed by atoms with Gasteiger partial charge in [0.2, 0.25) is 0 Å². The van der Waals surface area contributed by atoms with E-state index < -0.39 is 0 Å². The molecule has 4 heteroatoms. The molecule has 1 fully saturated rings. The smallest absolute Gasteiger partial charge is 0.0957 e. The number of thiophene rings is 1. The fourth-order valence-electron chi connectivity index (χ4n) is 3.08. The van der Waals surface area contributed by atoms with Crippen molar-refractivity contribution in [2.75, 3.05) is 13.2 Å². The number of hydrogen-bond donors (Lipinski definition) is 0. The highest BCUT2D eigenvalue weighted by atomic mass is 32.1. The Hall–Kier alpha value is -1.13. The average Bonchev–Trinajstić information content (AvgIpc) is 3.01. The summed E-state index contributed by atoms with van der Waals surface area (Å²) in [6.07, 6.45) is 6.40. The molecule has 0 radical (unpaired) electrons. The summed E-state index contributed by atoms with van der Waals surface area (Å²) < 4.78 is 7.98. The third-order valence-corrected chi connectivity index (χ3v) is 4.84. The molecule has 1 saturated heterocycles. The lowest BCUT2D eigenvalue weighted by Gasteiger charge is -2.28. The first-order valence-electron chi connectivity index (χ1n) is 6.12. The maximum Gasteiger partial charge on any atom is 0.0957 e. The molecule has 0 bridgehead atoms. The maximum absolute atomic E-state index is 5.65. The van der Waals surface area contributed by atoms with Gasteiger partial charge in [0.15, 0.2) is 0 Å². The van der Waals surface area contributed by atoms with Gasteiger partial charge in [0.05, 0.1) is 30.9 Å². The molecule has 0 amide bonds. The van der Waals surface area contributed by atoms with E-state index in [0.717, 1.165) is 13.2 Å². The van der Waals surface area contributed by atoms with Gasteiger partial charge in [-0.1, -0.05) is 0 Å². The quantitative estimate of drug-likeness (QED) is 0.773. The van der Waals surface area contributed by atoms with Crippen molar-refractivity contribution in [3.8, 4) is 11.3 Å². The summed E-state index contributed by atoms with van der Waals surface area (Å²) in [5, 5.41) is 2.19. The monoisotopic (exact) mass is 246 g/mol. The molecule has 0 N–H and O–H groups in total. The Balaban J connectivity index is 1.81. The molecule has 0 aromatic carbocycles. The molecule has 0 saturated carbocycles. The number of fused-ring (bicyclic) bond motifs is 3. The van der Waals surface area contributed by atoms with Crippen LogP contribution in [-0.4, -0.2) is 22.8 Å². The second-order valence-electron chi connectivity index (χ2n) is 4.81. The Labute approximate surface area is 104 Å². The number of rotatable bonds is 1. The zero-order valence-electron chi connectivity index (χ0n) is 9.50. The van der Waals surface area contributed by atoms with Crippen molar-refractivity contribution < 1.29 is 4.74 Å². The second kappa shape index (κ2) is 3.68. The highest BCUT2D eigenvalue weighted by molar-refractivity contribution is 7.10. The van der Waals surface area contributed by atoms with Crippen molar-refractivity contribution in [3.05, 3.63) is 28.8 Å². The zero-order valence-corrected chi connectivity index (χ0v) is 10.3. The molecule has 17 heavy (non-hydrogen) atoms. The van der Waals surface area contributed by atoms with Crippen molar-refractivity contribution in [2.24, 2.45) is 5.92 Å². The van der Waals surface area contributed by atoms with E-state index in [1.54, 1.807) is 0 Å². The van der Waals surface area contributed by atoms with Crippen molar-refractivity contribution in [1.82, 2.24) is 9.55 Å².